The zero-order valence-electron chi connectivity index (χ0n) is 19.0. The topological polar surface area (TPSA) is 42.0 Å². The number of nitrogens with zero attached hydrogens (tertiary/aromatic N) is 2. The van der Waals surface area contributed by atoms with Crippen LogP contribution in [0.1, 0.15) is 21.5 Å². The molecule has 5 nitrogen and oxygen atoms in total. The molecular formula is C28H30N2O3. The molecule has 0 atom stereocenters. The number of ether oxygens (including phenoxy) is 2. The van der Waals surface area contributed by atoms with Gasteiger partial charge in [0.15, 0.2) is 11.5 Å². The van der Waals surface area contributed by atoms with Gasteiger partial charge in [0.05, 0.1) is 7.11 Å². The Balaban J connectivity index is 1.32. The number of carbonyl (C=O) groups is 1. The van der Waals surface area contributed by atoms with Gasteiger partial charge in [-0.15, -0.1) is 0 Å². The van der Waals surface area contributed by atoms with E-state index in [4.69, 9.17) is 9.47 Å². The molecule has 0 saturated carbocycles. The fourth-order valence-corrected chi connectivity index (χ4v) is 3.88. The van der Waals surface area contributed by atoms with Crippen molar-refractivity contribution in [1.82, 2.24) is 9.80 Å². The summed E-state index contributed by atoms with van der Waals surface area (Å²) in [6, 6.07) is 25.7. The van der Waals surface area contributed by atoms with Gasteiger partial charge in [-0.25, -0.2) is 0 Å². The van der Waals surface area contributed by atoms with Crippen molar-refractivity contribution in [3.8, 4) is 11.5 Å². The number of carbonyl (C=O) groups excluding carboxylic acids is 1. The smallest absolute Gasteiger partial charge is 0.254 e. The highest BCUT2D eigenvalue weighted by molar-refractivity contribution is 5.95. The van der Waals surface area contributed by atoms with Crippen LogP contribution in [0, 0.1) is 0 Å². The molecule has 4 rings (SSSR count). The van der Waals surface area contributed by atoms with Gasteiger partial charge in [0, 0.05) is 38.3 Å². The summed E-state index contributed by atoms with van der Waals surface area (Å²) in [5, 5.41) is 0. The highest BCUT2D eigenvalue weighted by Crippen LogP contribution is 2.29. The average Bonchev–Trinajstić information content (AvgIpc) is 2.88. The van der Waals surface area contributed by atoms with E-state index in [-0.39, 0.29) is 5.91 Å². The minimum absolute atomic E-state index is 0.0293. The molecule has 1 heterocycles. The lowest BCUT2D eigenvalue weighted by Crippen LogP contribution is -2.48. The first-order valence-corrected chi connectivity index (χ1v) is 11.3. The first-order valence-electron chi connectivity index (χ1n) is 11.3. The Hall–Kier alpha value is -3.57. The Bertz CT molecular complexity index is 1060. The third kappa shape index (κ3) is 6.24. The van der Waals surface area contributed by atoms with Crippen LogP contribution in [0.5, 0.6) is 11.5 Å². The Morgan fingerprint density at radius 2 is 1.58 bits per heavy atom. The molecule has 0 N–H and O–H groups in total. The molecule has 0 radical (unpaired) electrons. The maximum atomic E-state index is 13.1. The second kappa shape index (κ2) is 11.3. The van der Waals surface area contributed by atoms with E-state index in [2.05, 4.69) is 29.2 Å². The van der Waals surface area contributed by atoms with E-state index in [0.29, 0.717) is 36.8 Å². The SMILES string of the molecule is COc1ccc(C(=O)N2CCN(CC=Cc3ccccc3)CC2)cc1OCc1ccccc1. The van der Waals surface area contributed by atoms with Crippen LogP contribution >= 0.6 is 0 Å². The van der Waals surface area contributed by atoms with Crippen molar-refractivity contribution in [2.45, 2.75) is 6.61 Å². The standard InChI is InChI=1S/C28H30N2O3/c1-32-26-15-14-25(21-27(26)33-22-24-11-6-3-7-12-24)28(31)30-19-17-29(18-20-30)16-8-13-23-9-4-2-5-10-23/h2-15,21H,16-20,22H2,1H3. The molecule has 1 fully saturated rings. The van der Waals surface area contributed by atoms with Crippen molar-refractivity contribution in [1.29, 1.82) is 0 Å². The van der Waals surface area contributed by atoms with Gasteiger partial charge < -0.3 is 14.4 Å². The fraction of sp³-hybridized carbons (Fsp3) is 0.250. The number of hydrogen-bond donors (Lipinski definition) is 0. The number of hydrogen-bond acceptors (Lipinski definition) is 4. The number of amides is 1. The zero-order chi connectivity index (χ0) is 22.9. The normalized spacial score (nSPS) is 14.4. The quantitative estimate of drug-likeness (QED) is 0.505. The fourth-order valence-electron chi connectivity index (χ4n) is 3.88. The molecule has 0 aliphatic carbocycles. The van der Waals surface area contributed by atoms with Crippen molar-refractivity contribution >= 4 is 12.0 Å². The molecule has 3 aromatic rings. The molecule has 170 valence electrons. The van der Waals surface area contributed by atoms with E-state index in [1.54, 1.807) is 19.2 Å². The van der Waals surface area contributed by atoms with Crippen LogP contribution in [0.4, 0.5) is 0 Å². The Morgan fingerprint density at radius 3 is 2.27 bits per heavy atom. The Labute approximate surface area is 195 Å². The molecule has 5 heteroatoms. The third-order valence-corrected chi connectivity index (χ3v) is 5.78. The summed E-state index contributed by atoms with van der Waals surface area (Å²) >= 11 is 0. The van der Waals surface area contributed by atoms with Gasteiger partial charge in [-0.3, -0.25) is 9.69 Å². The van der Waals surface area contributed by atoms with Gasteiger partial charge in [0.1, 0.15) is 6.61 Å². The maximum Gasteiger partial charge on any atom is 0.254 e. The zero-order valence-corrected chi connectivity index (χ0v) is 19.0. The second-order valence-corrected chi connectivity index (χ2v) is 8.05. The minimum atomic E-state index is 0.0293. The summed E-state index contributed by atoms with van der Waals surface area (Å²) in [7, 11) is 1.61. The lowest BCUT2D eigenvalue weighted by molar-refractivity contribution is 0.0649. The van der Waals surface area contributed by atoms with Gasteiger partial charge in [-0.05, 0) is 29.3 Å². The molecule has 1 aliphatic rings. The van der Waals surface area contributed by atoms with Crippen LogP contribution in [0.2, 0.25) is 0 Å². The van der Waals surface area contributed by atoms with Gasteiger partial charge in [0.25, 0.3) is 5.91 Å². The summed E-state index contributed by atoms with van der Waals surface area (Å²) in [5.74, 6) is 1.23. The summed E-state index contributed by atoms with van der Waals surface area (Å²) in [6.07, 6.45) is 4.33. The predicted molar refractivity (Wildman–Crippen MR) is 132 cm³/mol. The molecule has 1 amide bonds. The Kier molecular flexibility index (Phi) is 7.77. The van der Waals surface area contributed by atoms with Gasteiger partial charge in [-0.2, -0.15) is 0 Å². The molecular weight excluding hydrogens is 412 g/mol. The molecule has 0 bridgehead atoms. The van der Waals surface area contributed by atoms with E-state index < -0.39 is 0 Å². The van der Waals surface area contributed by atoms with Crippen LogP contribution in [-0.2, 0) is 6.61 Å². The second-order valence-electron chi connectivity index (χ2n) is 8.05. The molecule has 33 heavy (non-hydrogen) atoms. The van der Waals surface area contributed by atoms with Crippen LogP contribution in [0.15, 0.2) is 84.9 Å². The van der Waals surface area contributed by atoms with Crippen molar-refractivity contribution in [2.75, 3.05) is 39.8 Å². The first-order chi connectivity index (χ1) is 16.2. The van der Waals surface area contributed by atoms with Crippen LogP contribution in [0.3, 0.4) is 0 Å². The van der Waals surface area contributed by atoms with Crippen molar-refractivity contribution in [2.24, 2.45) is 0 Å². The van der Waals surface area contributed by atoms with E-state index in [9.17, 15) is 4.79 Å². The van der Waals surface area contributed by atoms with Crippen molar-refractivity contribution in [3.05, 3.63) is 102 Å². The number of methoxy groups -OCH3 is 1. The minimum Gasteiger partial charge on any atom is -0.493 e. The van der Waals surface area contributed by atoms with Crippen LogP contribution in [0.25, 0.3) is 6.08 Å². The highest BCUT2D eigenvalue weighted by Gasteiger charge is 2.22. The van der Waals surface area contributed by atoms with Crippen molar-refractivity contribution in [3.63, 3.8) is 0 Å². The lowest BCUT2D eigenvalue weighted by Gasteiger charge is -2.34. The predicted octanol–water partition coefficient (Wildman–Crippen LogP) is 4.75. The summed E-state index contributed by atoms with van der Waals surface area (Å²) in [4.78, 5) is 17.4. The van der Waals surface area contributed by atoms with Crippen LogP contribution < -0.4 is 9.47 Å². The maximum absolute atomic E-state index is 13.1. The van der Waals surface area contributed by atoms with Crippen LogP contribution in [-0.4, -0.2) is 55.5 Å². The molecule has 1 aliphatic heterocycles. The molecule has 0 spiro atoms. The molecule has 3 aromatic carbocycles. The first kappa shape index (κ1) is 22.6. The van der Waals surface area contributed by atoms with E-state index >= 15 is 0 Å². The number of benzene rings is 3. The number of rotatable bonds is 8. The highest BCUT2D eigenvalue weighted by atomic mass is 16.5. The monoisotopic (exact) mass is 442 g/mol. The lowest BCUT2D eigenvalue weighted by atomic mass is 10.1. The van der Waals surface area contributed by atoms with Gasteiger partial charge >= 0.3 is 0 Å². The van der Waals surface area contributed by atoms with E-state index in [0.717, 1.165) is 25.2 Å². The Morgan fingerprint density at radius 1 is 0.879 bits per heavy atom. The number of piperazine rings is 1. The third-order valence-electron chi connectivity index (χ3n) is 5.78. The average molecular weight is 443 g/mol. The molecule has 0 unspecified atom stereocenters. The molecule has 0 aromatic heterocycles. The van der Waals surface area contributed by atoms with E-state index in [1.165, 1.54) is 5.56 Å². The summed E-state index contributed by atoms with van der Waals surface area (Å²) < 4.78 is 11.4. The van der Waals surface area contributed by atoms with E-state index in [1.807, 2.05) is 59.5 Å². The van der Waals surface area contributed by atoms with Crippen molar-refractivity contribution < 1.29 is 14.3 Å². The summed E-state index contributed by atoms with van der Waals surface area (Å²) in [6.45, 7) is 4.45. The summed E-state index contributed by atoms with van der Waals surface area (Å²) in [5.41, 5.74) is 2.89. The van der Waals surface area contributed by atoms with Gasteiger partial charge in [0.2, 0.25) is 0 Å². The molecule has 1 saturated heterocycles. The van der Waals surface area contributed by atoms with Gasteiger partial charge in [-0.1, -0.05) is 72.8 Å². The largest absolute Gasteiger partial charge is 0.493 e.